The van der Waals surface area contributed by atoms with Gasteiger partial charge in [-0.15, -0.1) is 77.5 Å². The number of ether oxygens (including phenoxy) is 9. The summed E-state index contributed by atoms with van der Waals surface area (Å²) in [5.41, 5.74) is 15.6. The summed E-state index contributed by atoms with van der Waals surface area (Å²) in [6, 6.07) is 0. The fourth-order valence-corrected chi connectivity index (χ4v) is 20.7. The first-order valence-corrected chi connectivity index (χ1v) is 60.7. The van der Waals surface area contributed by atoms with E-state index in [1.165, 1.54) is 37.0 Å². The number of aliphatic hydroxyl groups excluding tert-OH is 9. The zero-order chi connectivity index (χ0) is 98.1. The molecule has 48 heteroatoms. The van der Waals surface area contributed by atoms with Crippen molar-refractivity contribution >= 4 is 151 Å². The molecule has 15 N–H and O–H groups in total. The van der Waals surface area contributed by atoms with Crippen LogP contribution in [0.5, 0.6) is 23.5 Å². The molecule has 0 unspecified atom stereocenters. The average molecular weight is 1990 g/mol. The fraction of sp³-hybridized carbons (Fsp3) is 0.651. The number of nitrogen functional groups attached to an aromatic ring is 2. The molecular formula is C86H139ClN23O19P5. The second kappa shape index (κ2) is 45.5. The van der Waals surface area contributed by atoms with Crippen LogP contribution in [-0.4, -0.2) is 397 Å². The quantitative estimate of drug-likeness (QED) is 0.0114. The summed E-state index contributed by atoms with van der Waals surface area (Å²) < 4.78 is 60.2. The minimum absolute atomic E-state index is 0.0449. The molecule has 15 heterocycles. The van der Waals surface area contributed by atoms with E-state index in [2.05, 4.69) is 192 Å². The van der Waals surface area contributed by atoms with Gasteiger partial charge in [0.2, 0.25) is 41.4 Å². The molecule has 0 aliphatic carbocycles. The predicted molar refractivity (Wildman–Crippen MR) is 535 cm³/mol. The van der Waals surface area contributed by atoms with Gasteiger partial charge in [-0.3, -0.25) is 32.6 Å². The summed E-state index contributed by atoms with van der Waals surface area (Å²) in [5.74, 6) is 2.97. The van der Waals surface area contributed by atoms with Crippen molar-refractivity contribution in [2.75, 3.05) is 148 Å². The minimum Gasteiger partial charge on any atom is -0.479 e. The largest absolute Gasteiger partial charge is 0.479 e. The number of aryl methyl sites for hydroxylation is 2. The summed E-state index contributed by atoms with van der Waals surface area (Å²) in [6.45, 7) is 28.9. The fourth-order valence-electron chi connectivity index (χ4n) is 15.6. The number of aliphatic hydroxyl groups is 9. The molecule has 0 bridgehead atoms. The number of H-pyrrole nitrogens is 1. The lowest BCUT2D eigenvalue weighted by atomic mass is 10.1. The number of halogens is 1. The summed E-state index contributed by atoms with van der Waals surface area (Å²) >= 11 is 6.50. The molecule has 0 radical (unpaired) electrons. The van der Waals surface area contributed by atoms with Gasteiger partial charge in [0, 0.05) is 6.54 Å². The maximum Gasteiger partial charge on any atom is 0.280 e. The van der Waals surface area contributed by atoms with E-state index in [1.54, 1.807) is 38.4 Å². The van der Waals surface area contributed by atoms with Crippen molar-refractivity contribution in [3.8, 4) is 23.5 Å². The van der Waals surface area contributed by atoms with E-state index in [0.717, 1.165) is 69.3 Å². The van der Waals surface area contributed by atoms with Gasteiger partial charge in [0.15, 0.2) is 87.0 Å². The molecule has 134 heavy (non-hydrogen) atoms. The second-order valence-electron chi connectivity index (χ2n) is 37.9. The van der Waals surface area contributed by atoms with Gasteiger partial charge < -0.3 is 105 Å². The zero-order valence-corrected chi connectivity index (χ0v) is 85.0. The number of fused-ring (bicyclic) bond motifs is 5. The van der Waals surface area contributed by atoms with Crippen LogP contribution in [0.15, 0.2) is 36.4 Å². The van der Waals surface area contributed by atoms with Gasteiger partial charge in [-0.2, -0.15) is 34.9 Å². The number of methoxy groups -OCH3 is 1. The molecule has 5 fully saturated rings. The van der Waals surface area contributed by atoms with E-state index < -0.39 is 150 Å². The lowest BCUT2D eigenvalue weighted by Crippen LogP contribution is -2.32. The highest BCUT2D eigenvalue weighted by Crippen LogP contribution is 2.47. The number of hydrogen-bond acceptors (Lipinski definition) is 36. The molecule has 0 aromatic carbocycles. The molecule has 10 aromatic rings. The van der Waals surface area contributed by atoms with Crippen LogP contribution in [0.2, 0.25) is 0 Å². The number of nitrogens with one attached hydrogen (secondary N) is 2. The van der Waals surface area contributed by atoms with Crippen molar-refractivity contribution in [3.63, 3.8) is 0 Å². The predicted octanol–water partition coefficient (Wildman–Crippen LogP) is 6.63. The molecule has 5 aliphatic rings. The Bertz CT molecular complexity index is 5930. The Morgan fingerprint density at radius 3 is 1.05 bits per heavy atom. The molecule has 0 saturated carbocycles. The van der Waals surface area contributed by atoms with Crippen molar-refractivity contribution in [3.05, 3.63) is 53.6 Å². The minimum atomic E-state index is -1.27. The van der Waals surface area contributed by atoms with E-state index >= 15 is 0 Å². The number of alkyl halides is 1. The van der Waals surface area contributed by atoms with Crippen LogP contribution in [0.1, 0.15) is 135 Å². The van der Waals surface area contributed by atoms with E-state index in [1.807, 2.05) is 13.8 Å². The first-order valence-electron chi connectivity index (χ1n) is 45.0. The van der Waals surface area contributed by atoms with E-state index in [0.29, 0.717) is 143 Å². The molecular weight excluding hydrogens is 1850 g/mol. The maximum absolute atomic E-state index is 12.3. The van der Waals surface area contributed by atoms with Crippen LogP contribution in [0, 0.1) is 13.8 Å². The molecule has 0 spiro atoms. The molecule has 10 aromatic heterocycles. The van der Waals surface area contributed by atoms with Crippen LogP contribution in [-0.2, 0) is 23.7 Å². The molecule has 5 saturated heterocycles. The summed E-state index contributed by atoms with van der Waals surface area (Å²) in [5, 5.41) is 96.8. The number of imidazole rings is 5. The van der Waals surface area contributed by atoms with Crippen LogP contribution >= 0.6 is 46.0 Å². The lowest BCUT2D eigenvalue weighted by Gasteiger charge is -2.19. The first kappa shape index (κ1) is 107. The smallest absolute Gasteiger partial charge is 0.280 e. The first-order chi connectivity index (χ1) is 63.0. The lowest BCUT2D eigenvalue weighted by molar-refractivity contribution is -0.0353. The Morgan fingerprint density at radius 2 is 0.709 bits per heavy atom. The molecule has 42 nitrogen and oxygen atoms in total. The third-order valence-corrected chi connectivity index (χ3v) is 30.7. The monoisotopic (exact) mass is 1990 g/mol. The van der Waals surface area contributed by atoms with Gasteiger partial charge in [0.05, 0.1) is 89.1 Å². The van der Waals surface area contributed by atoms with Crippen LogP contribution in [0.3, 0.4) is 0 Å². The average Bonchev–Trinajstić information content (AvgIpc) is 1.64. The number of unbranched alkanes of at least 4 members (excludes halogenated alkanes) is 2. The Kier molecular flexibility index (Phi) is 36.3. The van der Waals surface area contributed by atoms with Gasteiger partial charge >= 0.3 is 0 Å². The molecule has 20 atom stereocenters. The zero-order valence-electron chi connectivity index (χ0n) is 79.8. The van der Waals surface area contributed by atoms with E-state index in [9.17, 15) is 50.8 Å². The van der Waals surface area contributed by atoms with Crippen molar-refractivity contribution in [1.82, 2.24) is 97.6 Å². The number of nitrogens with two attached hydrogens (primary N) is 2. The normalized spacial score (nSPS) is 26.1. The standard InChI is InChI=1S/2C18H30N5O4P.C17H26ClN4O3P.C17H28N5O4P.C16H25N4O4P/c1-5-6-8-26-16-12-15(21-18(19)22-16)23(10-20-12)17-14(25)13(24)11(27-17)7-9-28(2,3)4;1-5-6-8-19-18-21-15-12(16(26)22-18)20-10-23(15)17-14(25)13(24)11(27-17)7-9-28(2,3)4;1-6-24-16-13-15(20-10(2)21-16)22(9-19-13)17-12(18)14(23)11(25-17)7-8-26(3,4)5;1-5-7-25-15-11-14(20-17(18)21-15)22(9-19-11)16-13(24)12(23)10(26-16)6-8-27(2,3)4;1-9-18-14-11(15(19-9)23-2)17-8-20(14)16-13(22)12(21)10(24-16)6-7-25(3,4)5/h10-11,13-14,17,24-25H,2,5-9H2,1,3-4H3,(H2,19,21,22);10-11,13-14,17,24-25H,2,5-9H2,1,3-4H3,(H2,19,21,22,26);9,11-12,14,17,23H,3,6-8H2,1-2,4-5H3;9-10,12-13,16,23-24H,2,5-8H2,1,3-4H3,(H2,18,20,21);8,10,12-13,16,21-22H,3,6-7H2,1-2,4-5H3/t2*11-,13-,14-,17-;11-,12-,14-,17-;2*10-,12-,13-,16-/m11111/s1. The SMILES string of the molecule is C=P(C)(C)CC[C@H]1O[C@@H](n2cnc3c(=O)[nH]c(NCCCC)nc32)[C@H](O)[C@@H]1O.C=P(C)(C)CC[C@H]1O[C@@H](n2cnc3c(OC)nc(C)nc32)[C@H](O)[C@@H]1O.C=P(C)(C)CC[C@H]1O[C@@H](n2cnc3c(OCC)nc(C)nc32)[C@H](Cl)[C@@H]1O.C=P(C)(C)CC[C@H]1O[C@@H](n2cnc3c(OCCC)nc(N)nc32)[C@H](O)[C@@H]1O.C=P(C)(C)CC[C@H]1O[C@@H](n2cnc3c(OCCCC)nc(N)nc32)[C@H](O)[C@@H]1O. The van der Waals surface area contributed by atoms with Gasteiger partial charge in [-0.1, -0.05) is 33.6 Å². The summed E-state index contributed by atoms with van der Waals surface area (Å²) in [4.78, 5) is 74.9. The highest BCUT2D eigenvalue weighted by molar-refractivity contribution is 7.73. The third-order valence-electron chi connectivity index (χ3n) is 22.8. The van der Waals surface area contributed by atoms with Crippen molar-refractivity contribution < 1.29 is 88.6 Å². The van der Waals surface area contributed by atoms with Gasteiger partial charge in [-0.05, 0) is 170 Å². The maximum atomic E-state index is 12.3. The Balaban J connectivity index is 0.000000161. The highest BCUT2D eigenvalue weighted by atomic mass is 35.5. The number of anilines is 3. The summed E-state index contributed by atoms with van der Waals surface area (Å²) in [7, 11) is 1.52. The molecule has 15 rings (SSSR count). The number of aromatic nitrogens is 20. The topological polar surface area (TPSA) is 567 Å². The Hall–Kier alpha value is -7.62. The van der Waals surface area contributed by atoms with Gasteiger partial charge in [0.1, 0.15) is 72.0 Å². The third kappa shape index (κ3) is 26.7. The highest BCUT2D eigenvalue weighted by Gasteiger charge is 2.50. The van der Waals surface area contributed by atoms with E-state index in [-0.39, 0.29) is 29.1 Å². The van der Waals surface area contributed by atoms with Crippen molar-refractivity contribution in [2.45, 2.75) is 228 Å². The number of aromatic amines is 1. The molecule has 0 amide bonds. The van der Waals surface area contributed by atoms with E-state index in [4.69, 9.17) is 65.7 Å². The number of nitrogens with zero attached hydrogens (tertiary/aromatic N) is 19. The number of hydrogen-bond donors (Lipinski definition) is 13. The van der Waals surface area contributed by atoms with Crippen molar-refractivity contribution in [1.29, 1.82) is 0 Å². The van der Waals surface area contributed by atoms with Crippen LogP contribution in [0.4, 0.5) is 17.8 Å². The van der Waals surface area contributed by atoms with Crippen molar-refractivity contribution in [2.24, 2.45) is 0 Å². The van der Waals surface area contributed by atoms with Gasteiger partial charge in [0.25, 0.3) is 5.56 Å². The van der Waals surface area contributed by atoms with Crippen LogP contribution in [0.25, 0.3) is 55.8 Å². The van der Waals surface area contributed by atoms with Gasteiger partial charge in [-0.25, -0.2) is 34.9 Å². The summed E-state index contributed by atoms with van der Waals surface area (Å²) in [6.07, 6.45) is 25.8. The van der Waals surface area contributed by atoms with Crippen LogP contribution < -0.4 is 41.3 Å². The Labute approximate surface area is 785 Å². The Morgan fingerprint density at radius 1 is 0.403 bits per heavy atom. The molecule has 5 aliphatic heterocycles. The second-order valence-corrected chi connectivity index (χ2v) is 60.0. The molecule has 744 valence electrons. The number of rotatable bonds is 34.